The minimum Gasteiger partial charge on any atom is -0.420 e. The predicted molar refractivity (Wildman–Crippen MR) is 55.3 cm³/mol. The van der Waals surface area contributed by atoms with Crippen LogP contribution in [-0.4, -0.2) is 26.3 Å². The van der Waals surface area contributed by atoms with Crippen molar-refractivity contribution in [1.82, 2.24) is 19.8 Å². The molecule has 0 radical (unpaired) electrons. The molecule has 0 amide bonds. The molecule has 2 aromatic rings. The first kappa shape index (κ1) is 10.2. The molecule has 0 saturated heterocycles. The van der Waals surface area contributed by atoms with Gasteiger partial charge in [0.15, 0.2) is 0 Å². The summed E-state index contributed by atoms with van der Waals surface area (Å²) in [5.74, 6) is 1.05. The summed E-state index contributed by atoms with van der Waals surface area (Å²) in [6.07, 6.45) is 1.40. The molecule has 0 aromatic carbocycles. The highest BCUT2D eigenvalue weighted by Gasteiger charge is 2.15. The van der Waals surface area contributed by atoms with Gasteiger partial charge in [0.05, 0.1) is 5.69 Å². The lowest BCUT2D eigenvalue weighted by Crippen LogP contribution is -2.02. The molecular formula is C8H11N5OS. The fourth-order valence-electron chi connectivity index (χ4n) is 1.17. The van der Waals surface area contributed by atoms with Crippen LogP contribution in [-0.2, 0) is 12.8 Å². The van der Waals surface area contributed by atoms with Crippen LogP contribution in [0.1, 0.15) is 18.5 Å². The first-order valence-electron chi connectivity index (χ1n) is 4.69. The lowest BCUT2D eigenvalue weighted by Gasteiger charge is -1.90. The van der Waals surface area contributed by atoms with Crippen LogP contribution in [0.25, 0.3) is 10.8 Å². The van der Waals surface area contributed by atoms with Crippen LogP contribution in [0.4, 0.5) is 0 Å². The first-order valence-corrected chi connectivity index (χ1v) is 5.46. The molecule has 0 unspecified atom stereocenters. The Morgan fingerprint density at radius 1 is 1.33 bits per heavy atom. The van der Waals surface area contributed by atoms with E-state index in [4.69, 9.17) is 10.2 Å². The lowest BCUT2D eigenvalue weighted by atomic mass is 10.3. The van der Waals surface area contributed by atoms with Gasteiger partial charge in [-0.25, -0.2) is 0 Å². The van der Waals surface area contributed by atoms with E-state index in [1.165, 1.54) is 11.5 Å². The number of rotatable bonds is 4. The van der Waals surface area contributed by atoms with Crippen molar-refractivity contribution >= 4 is 11.5 Å². The van der Waals surface area contributed by atoms with Crippen molar-refractivity contribution in [2.24, 2.45) is 5.73 Å². The summed E-state index contributed by atoms with van der Waals surface area (Å²) in [4.78, 5) is 0.855. The molecule has 7 heteroatoms. The minimum atomic E-state index is 0.491. The molecule has 2 rings (SSSR count). The average Bonchev–Trinajstić information content (AvgIpc) is 2.84. The summed E-state index contributed by atoms with van der Waals surface area (Å²) in [5.41, 5.74) is 6.29. The number of nitrogens with two attached hydrogens (primary N) is 1. The Hall–Kier alpha value is -1.34. The third kappa shape index (κ3) is 2.02. The van der Waals surface area contributed by atoms with Crippen LogP contribution in [0.2, 0.25) is 0 Å². The Labute approximate surface area is 90.7 Å². The number of aryl methyl sites for hydroxylation is 1. The van der Waals surface area contributed by atoms with Gasteiger partial charge in [0, 0.05) is 13.0 Å². The topological polar surface area (TPSA) is 90.7 Å². The van der Waals surface area contributed by atoms with E-state index >= 15 is 0 Å². The summed E-state index contributed by atoms with van der Waals surface area (Å²) >= 11 is 1.27. The Morgan fingerprint density at radius 3 is 2.93 bits per heavy atom. The maximum atomic E-state index is 5.44. The van der Waals surface area contributed by atoms with Crippen LogP contribution < -0.4 is 5.73 Å². The smallest absolute Gasteiger partial charge is 0.261 e. The van der Waals surface area contributed by atoms with Gasteiger partial charge in [0.25, 0.3) is 5.89 Å². The van der Waals surface area contributed by atoms with E-state index in [1.807, 2.05) is 6.92 Å². The van der Waals surface area contributed by atoms with Crippen molar-refractivity contribution in [3.05, 3.63) is 11.6 Å². The molecule has 2 heterocycles. The van der Waals surface area contributed by atoms with Gasteiger partial charge in [-0.15, -0.1) is 15.3 Å². The fourth-order valence-corrected chi connectivity index (χ4v) is 1.84. The van der Waals surface area contributed by atoms with Gasteiger partial charge < -0.3 is 10.2 Å². The van der Waals surface area contributed by atoms with Crippen molar-refractivity contribution in [3.8, 4) is 10.8 Å². The number of hydrogen-bond donors (Lipinski definition) is 1. The number of aromatic nitrogens is 4. The molecule has 0 spiro atoms. The molecular weight excluding hydrogens is 214 g/mol. The fraction of sp³-hybridized carbons (Fsp3) is 0.500. The second kappa shape index (κ2) is 4.45. The molecule has 0 aliphatic carbocycles. The molecule has 6 nitrogen and oxygen atoms in total. The van der Waals surface area contributed by atoms with Crippen molar-refractivity contribution in [2.75, 3.05) is 6.54 Å². The summed E-state index contributed by atoms with van der Waals surface area (Å²) in [6.45, 7) is 2.51. The lowest BCUT2D eigenvalue weighted by molar-refractivity contribution is 0.507. The second-order valence-electron chi connectivity index (χ2n) is 2.94. The Bertz CT molecular complexity index is 438. The number of hydrogen-bond acceptors (Lipinski definition) is 7. The molecule has 0 saturated carbocycles. The second-order valence-corrected chi connectivity index (χ2v) is 3.70. The van der Waals surface area contributed by atoms with E-state index in [1.54, 1.807) is 0 Å². The summed E-state index contributed by atoms with van der Waals surface area (Å²) < 4.78 is 9.30. The van der Waals surface area contributed by atoms with Crippen molar-refractivity contribution < 1.29 is 4.42 Å². The van der Waals surface area contributed by atoms with Gasteiger partial charge in [-0.05, 0) is 18.0 Å². The van der Waals surface area contributed by atoms with Gasteiger partial charge in [-0.1, -0.05) is 11.4 Å². The van der Waals surface area contributed by atoms with E-state index in [0.717, 1.165) is 17.0 Å². The maximum absolute atomic E-state index is 5.44. The van der Waals surface area contributed by atoms with Crippen LogP contribution in [0, 0.1) is 0 Å². The van der Waals surface area contributed by atoms with Crippen molar-refractivity contribution in [1.29, 1.82) is 0 Å². The van der Waals surface area contributed by atoms with E-state index in [-0.39, 0.29) is 0 Å². The molecule has 2 aromatic heterocycles. The normalized spacial score (nSPS) is 10.8. The zero-order valence-electron chi connectivity index (χ0n) is 8.30. The largest absolute Gasteiger partial charge is 0.420 e. The monoisotopic (exact) mass is 225 g/mol. The van der Waals surface area contributed by atoms with Gasteiger partial charge in [-0.2, -0.15) is 0 Å². The molecule has 0 fully saturated rings. The molecule has 0 aliphatic rings. The van der Waals surface area contributed by atoms with E-state index < -0.39 is 0 Å². The van der Waals surface area contributed by atoms with Gasteiger partial charge in [0.2, 0.25) is 5.89 Å². The predicted octanol–water partition coefficient (Wildman–Crippen LogP) is 0.652. The zero-order chi connectivity index (χ0) is 10.7. The minimum absolute atomic E-state index is 0.491. The molecule has 0 aliphatic heterocycles. The number of nitrogens with zero attached hydrogens (tertiary/aromatic N) is 4. The molecule has 0 atom stereocenters. The highest BCUT2D eigenvalue weighted by atomic mass is 32.1. The van der Waals surface area contributed by atoms with Crippen LogP contribution >= 0.6 is 11.5 Å². The first-order chi connectivity index (χ1) is 7.35. The molecule has 0 bridgehead atoms. The van der Waals surface area contributed by atoms with Crippen LogP contribution in [0.5, 0.6) is 0 Å². The summed E-state index contributed by atoms with van der Waals surface area (Å²) in [7, 11) is 0. The van der Waals surface area contributed by atoms with Gasteiger partial charge >= 0.3 is 0 Å². The molecule has 80 valence electrons. The Morgan fingerprint density at radius 2 is 2.20 bits per heavy atom. The highest BCUT2D eigenvalue weighted by molar-refractivity contribution is 7.09. The van der Waals surface area contributed by atoms with E-state index in [0.29, 0.717) is 24.7 Å². The SMILES string of the molecule is CCc1nnsc1-c1nnc(CCN)o1. The maximum Gasteiger partial charge on any atom is 0.261 e. The Balaban J connectivity index is 2.28. The van der Waals surface area contributed by atoms with E-state index in [2.05, 4.69) is 19.8 Å². The highest BCUT2D eigenvalue weighted by Crippen LogP contribution is 2.24. The zero-order valence-corrected chi connectivity index (χ0v) is 9.12. The Kier molecular flexibility index (Phi) is 3.02. The molecule has 2 N–H and O–H groups in total. The van der Waals surface area contributed by atoms with E-state index in [9.17, 15) is 0 Å². The summed E-state index contributed by atoms with van der Waals surface area (Å²) in [5, 5.41) is 11.8. The van der Waals surface area contributed by atoms with Gasteiger partial charge in [-0.3, -0.25) is 0 Å². The van der Waals surface area contributed by atoms with Crippen molar-refractivity contribution in [2.45, 2.75) is 19.8 Å². The third-order valence-electron chi connectivity index (χ3n) is 1.91. The van der Waals surface area contributed by atoms with Gasteiger partial charge in [0.1, 0.15) is 4.88 Å². The van der Waals surface area contributed by atoms with Crippen molar-refractivity contribution in [3.63, 3.8) is 0 Å². The quantitative estimate of drug-likeness (QED) is 0.821. The summed E-state index contributed by atoms with van der Waals surface area (Å²) in [6, 6.07) is 0. The van der Waals surface area contributed by atoms with Crippen LogP contribution in [0.3, 0.4) is 0 Å². The standard InChI is InChI=1S/C8H11N5OS/c1-2-5-7(15-13-10-5)8-12-11-6(14-8)3-4-9/h2-4,9H2,1H3. The average molecular weight is 225 g/mol. The third-order valence-corrected chi connectivity index (χ3v) is 2.67. The molecule has 15 heavy (non-hydrogen) atoms. The van der Waals surface area contributed by atoms with Crippen LogP contribution in [0.15, 0.2) is 4.42 Å².